The van der Waals surface area contributed by atoms with Crippen LogP contribution in [0.4, 0.5) is 11.6 Å². The Bertz CT molecular complexity index is 325. The summed E-state index contributed by atoms with van der Waals surface area (Å²) in [5, 5.41) is 12.1. The van der Waals surface area contributed by atoms with Crippen LogP contribution in [0.15, 0.2) is 0 Å². The van der Waals surface area contributed by atoms with Crippen molar-refractivity contribution < 1.29 is 5.11 Å². The second kappa shape index (κ2) is 4.23. The number of nitrogens with two attached hydrogens (primary N) is 1. The minimum Gasteiger partial charge on any atom is -0.392 e. The van der Waals surface area contributed by atoms with Gasteiger partial charge in [0.1, 0.15) is 17.5 Å². The summed E-state index contributed by atoms with van der Waals surface area (Å²) in [7, 11) is 0. The van der Waals surface area contributed by atoms with E-state index in [4.69, 9.17) is 10.8 Å². The van der Waals surface area contributed by atoms with Gasteiger partial charge in [-0.25, -0.2) is 9.97 Å². The molecule has 0 fully saturated rings. The van der Waals surface area contributed by atoms with E-state index in [1.165, 1.54) is 0 Å². The average Bonchev–Trinajstić information content (AvgIpc) is 2.08. The molecule has 5 heteroatoms. The lowest BCUT2D eigenvalue weighted by Gasteiger charge is -2.11. The van der Waals surface area contributed by atoms with Gasteiger partial charge in [0, 0.05) is 12.1 Å². The predicted molar refractivity (Wildman–Crippen MR) is 56.1 cm³/mol. The van der Waals surface area contributed by atoms with Crippen LogP contribution >= 0.6 is 0 Å². The molecule has 14 heavy (non-hydrogen) atoms. The van der Waals surface area contributed by atoms with Gasteiger partial charge in [0.25, 0.3) is 0 Å². The summed E-state index contributed by atoms with van der Waals surface area (Å²) in [5.41, 5.74) is 6.49. The minimum atomic E-state index is -0.411. The topological polar surface area (TPSA) is 84.1 Å². The Morgan fingerprint density at radius 3 is 2.64 bits per heavy atom. The number of aryl methyl sites for hydroxylation is 1. The van der Waals surface area contributed by atoms with Gasteiger partial charge in [-0.3, -0.25) is 0 Å². The summed E-state index contributed by atoms with van der Waals surface area (Å²) in [6, 6.07) is 0. The van der Waals surface area contributed by atoms with Crippen LogP contribution in [-0.4, -0.2) is 27.7 Å². The van der Waals surface area contributed by atoms with E-state index in [1.807, 2.05) is 6.92 Å². The summed E-state index contributed by atoms with van der Waals surface area (Å²) in [6.45, 7) is 5.79. The Kier molecular flexibility index (Phi) is 3.24. The van der Waals surface area contributed by atoms with E-state index in [9.17, 15) is 0 Å². The molecule has 0 radical (unpaired) electrons. The molecule has 1 unspecified atom stereocenters. The third kappa shape index (κ3) is 2.56. The highest BCUT2D eigenvalue weighted by atomic mass is 16.3. The van der Waals surface area contributed by atoms with Gasteiger partial charge in [0.15, 0.2) is 0 Å². The van der Waals surface area contributed by atoms with Gasteiger partial charge in [-0.05, 0) is 20.8 Å². The van der Waals surface area contributed by atoms with Crippen LogP contribution in [0.2, 0.25) is 0 Å². The highest BCUT2D eigenvalue weighted by Gasteiger charge is 2.06. The van der Waals surface area contributed by atoms with Crippen LogP contribution in [0, 0.1) is 13.8 Å². The fourth-order valence-electron chi connectivity index (χ4n) is 1.07. The van der Waals surface area contributed by atoms with Gasteiger partial charge < -0.3 is 16.2 Å². The van der Waals surface area contributed by atoms with Crippen molar-refractivity contribution in [2.24, 2.45) is 0 Å². The van der Waals surface area contributed by atoms with Gasteiger partial charge in [0.05, 0.1) is 6.10 Å². The number of hydrogen-bond acceptors (Lipinski definition) is 5. The molecule has 1 rings (SSSR count). The first-order valence-electron chi connectivity index (χ1n) is 4.53. The average molecular weight is 196 g/mol. The first kappa shape index (κ1) is 10.7. The van der Waals surface area contributed by atoms with E-state index < -0.39 is 6.10 Å². The molecule has 1 atom stereocenters. The zero-order valence-electron chi connectivity index (χ0n) is 8.70. The maximum Gasteiger partial charge on any atom is 0.134 e. The predicted octanol–water partition coefficient (Wildman–Crippen LogP) is 0.468. The van der Waals surface area contributed by atoms with Crippen LogP contribution < -0.4 is 11.1 Å². The standard InChI is InChI=1S/C9H16N4O/c1-5(14)4-11-9-6(2)8(10)12-7(3)13-9/h5,14H,4H2,1-3H3,(H3,10,11,12,13). The summed E-state index contributed by atoms with van der Waals surface area (Å²) in [6.07, 6.45) is -0.411. The molecule has 0 aliphatic carbocycles. The van der Waals surface area contributed by atoms with E-state index in [-0.39, 0.29) is 0 Å². The van der Waals surface area contributed by atoms with Crippen LogP contribution in [0.3, 0.4) is 0 Å². The molecular formula is C9H16N4O. The van der Waals surface area contributed by atoms with Crippen molar-refractivity contribution in [2.45, 2.75) is 26.9 Å². The summed E-state index contributed by atoms with van der Waals surface area (Å²) in [4.78, 5) is 8.22. The number of rotatable bonds is 3. The second-order valence-electron chi connectivity index (χ2n) is 3.36. The summed E-state index contributed by atoms with van der Waals surface area (Å²) in [5.74, 6) is 1.79. The largest absolute Gasteiger partial charge is 0.392 e. The Morgan fingerprint density at radius 1 is 1.43 bits per heavy atom. The van der Waals surface area contributed by atoms with Crippen molar-refractivity contribution in [1.29, 1.82) is 0 Å². The summed E-state index contributed by atoms with van der Waals surface area (Å²) < 4.78 is 0. The van der Waals surface area contributed by atoms with E-state index in [2.05, 4.69) is 15.3 Å². The quantitative estimate of drug-likeness (QED) is 0.654. The molecule has 0 amide bonds. The van der Waals surface area contributed by atoms with Gasteiger partial charge in [-0.1, -0.05) is 0 Å². The number of aromatic nitrogens is 2. The zero-order chi connectivity index (χ0) is 10.7. The molecule has 0 bridgehead atoms. The number of nitrogens with zero attached hydrogens (tertiary/aromatic N) is 2. The van der Waals surface area contributed by atoms with Crippen molar-refractivity contribution in [3.8, 4) is 0 Å². The first-order chi connectivity index (χ1) is 6.50. The number of nitrogens with one attached hydrogen (secondary N) is 1. The Hall–Kier alpha value is -1.36. The number of aliphatic hydroxyl groups is 1. The summed E-state index contributed by atoms with van der Waals surface area (Å²) >= 11 is 0. The van der Waals surface area contributed by atoms with Crippen molar-refractivity contribution in [1.82, 2.24) is 9.97 Å². The van der Waals surface area contributed by atoms with Gasteiger partial charge in [-0.2, -0.15) is 0 Å². The molecule has 0 aromatic carbocycles. The van der Waals surface area contributed by atoms with Crippen LogP contribution in [0.25, 0.3) is 0 Å². The molecule has 0 saturated heterocycles. The highest BCUT2D eigenvalue weighted by molar-refractivity contribution is 5.54. The monoisotopic (exact) mass is 196 g/mol. The molecule has 78 valence electrons. The van der Waals surface area contributed by atoms with E-state index in [0.717, 1.165) is 5.56 Å². The zero-order valence-corrected chi connectivity index (χ0v) is 8.70. The highest BCUT2D eigenvalue weighted by Crippen LogP contribution is 2.16. The normalized spacial score (nSPS) is 12.6. The van der Waals surface area contributed by atoms with Crippen molar-refractivity contribution >= 4 is 11.6 Å². The minimum absolute atomic E-state index is 0.411. The molecule has 0 spiro atoms. The Morgan fingerprint density at radius 2 is 2.07 bits per heavy atom. The van der Waals surface area contributed by atoms with Crippen molar-refractivity contribution in [3.05, 3.63) is 11.4 Å². The SMILES string of the molecule is Cc1nc(N)c(C)c(NCC(C)O)n1. The smallest absolute Gasteiger partial charge is 0.134 e. The number of nitrogen functional groups attached to an aromatic ring is 1. The lowest BCUT2D eigenvalue weighted by atomic mass is 10.3. The molecule has 5 nitrogen and oxygen atoms in total. The van der Waals surface area contributed by atoms with Crippen LogP contribution in [0.5, 0.6) is 0 Å². The molecule has 0 saturated carbocycles. The fraction of sp³-hybridized carbons (Fsp3) is 0.556. The van der Waals surface area contributed by atoms with Crippen LogP contribution in [0.1, 0.15) is 18.3 Å². The maximum absolute atomic E-state index is 9.11. The van der Waals surface area contributed by atoms with E-state index in [0.29, 0.717) is 24.0 Å². The molecule has 1 aromatic rings. The second-order valence-corrected chi connectivity index (χ2v) is 3.36. The number of hydrogen-bond donors (Lipinski definition) is 3. The molecule has 0 aliphatic rings. The maximum atomic E-state index is 9.11. The van der Waals surface area contributed by atoms with Gasteiger partial charge in [0.2, 0.25) is 0 Å². The molecule has 1 heterocycles. The van der Waals surface area contributed by atoms with E-state index in [1.54, 1.807) is 13.8 Å². The van der Waals surface area contributed by atoms with Crippen molar-refractivity contribution in [3.63, 3.8) is 0 Å². The number of aliphatic hydroxyl groups excluding tert-OH is 1. The lowest BCUT2D eigenvalue weighted by Crippen LogP contribution is -2.17. The van der Waals surface area contributed by atoms with Gasteiger partial charge >= 0.3 is 0 Å². The molecule has 4 N–H and O–H groups in total. The molecule has 1 aromatic heterocycles. The van der Waals surface area contributed by atoms with E-state index >= 15 is 0 Å². The third-order valence-electron chi connectivity index (χ3n) is 1.86. The third-order valence-corrected chi connectivity index (χ3v) is 1.86. The van der Waals surface area contributed by atoms with Gasteiger partial charge in [-0.15, -0.1) is 0 Å². The Labute approximate surface area is 83.4 Å². The lowest BCUT2D eigenvalue weighted by molar-refractivity contribution is 0.208. The van der Waals surface area contributed by atoms with Crippen LogP contribution in [-0.2, 0) is 0 Å². The Balaban J connectivity index is 2.85. The molecule has 0 aliphatic heterocycles. The number of anilines is 2. The fourth-order valence-corrected chi connectivity index (χ4v) is 1.07. The first-order valence-corrected chi connectivity index (χ1v) is 4.53. The van der Waals surface area contributed by atoms with Crippen molar-refractivity contribution in [2.75, 3.05) is 17.6 Å². The molecular weight excluding hydrogens is 180 g/mol.